The summed E-state index contributed by atoms with van der Waals surface area (Å²) in [5.41, 5.74) is 0.451. The number of carbonyl (C=O) groups excluding carboxylic acids is 1. The van der Waals surface area contributed by atoms with E-state index in [1.54, 1.807) is 18.2 Å². The molecule has 0 atom stereocenters. The molecule has 1 aromatic rings. The summed E-state index contributed by atoms with van der Waals surface area (Å²) in [5, 5.41) is 9.29. The van der Waals surface area contributed by atoms with Crippen LogP contribution in [0.2, 0.25) is 5.02 Å². The lowest BCUT2D eigenvalue weighted by atomic mass is 9.90. The van der Waals surface area contributed by atoms with Crippen molar-refractivity contribution in [3.8, 4) is 11.8 Å². The molecule has 1 aromatic carbocycles. The second-order valence-electron chi connectivity index (χ2n) is 5.58. The minimum atomic E-state index is -0.0988. The molecule has 0 saturated heterocycles. The van der Waals surface area contributed by atoms with Gasteiger partial charge >= 0.3 is 5.97 Å². The number of nitrogens with zero attached hydrogens (tertiary/aromatic N) is 1. The molecule has 0 spiro atoms. The first-order chi connectivity index (χ1) is 10.6. The first-order valence-electron chi connectivity index (χ1n) is 7.58. The molecule has 1 aliphatic rings. The minimum absolute atomic E-state index is 0.0234. The number of hydrogen-bond acceptors (Lipinski definition) is 4. The van der Waals surface area contributed by atoms with Gasteiger partial charge < -0.3 is 9.47 Å². The molecular formula is C17H20ClNO3. The third-order valence-corrected chi connectivity index (χ3v) is 4.37. The number of ether oxygens (including phenoxy) is 2. The van der Waals surface area contributed by atoms with Gasteiger partial charge in [-0.25, -0.2) is 0 Å². The second-order valence-corrected chi connectivity index (χ2v) is 5.98. The molecule has 118 valence electrons. The lowest BCUT2D eigenvalue weighted by molar-refractivity contribution is -0.146. The third kappa shape index (κ3) is 4.38. The van der Waals surface area contributed by atoms with Crippen LogP contribution in [-0.2, 0) is 9.53 Å². The number of carbonyl (C=O) groups is 1. The van der Waals surface area contributed by atoms with Crippen molar-refractivity contribution in [2.24, 2.45) is 5.92 Å². The molecule has 0 unspecified atom stereocenters. The number of benzene rings is 1. The minimum Gasteiger partial charge on any atom is -0.490 e. The van der Waals surface area contributed by atoms with E-state index in [0.29, 0.717) is 16.3 Å². The molecule has 1 fully saturated rings. The van der Waals surface area contributed by atoms with Crippen LogP contribution < -0.4 is 4.74 Å². The Labute approximate surface area is 136 Å². The predicted molar refractivity (Wildman–Crippen MR) is 83.8 cm³/mol. The van der Waals surface area contributed by atoms with Crippen molar-refractivity contribution in [3.63, 3.8) is 0 Å². The fourth-order valence-corrected chi connectivity index (χ4v) is 3.06. The highest BCUT2D eigenvalue weighted by Gasteiger charge is 2.23. The Morgan fingerprint density at radius 3 is 2.50 bits per heavy atom. The number of nitriles is 1. The van der Waals surface area contributed by atoms with E-state index in [2.05, 4.69) is 0 Å². The maximum atomic E-state index is 11.6. The van der Waals surface area contributed by atoms with Crippen molar-refractivity contribution in [2.45, 2.75) is 44.6 Å². The van der Waals surface area contributed by atoms with E-state index in [9.17, 15) is 4.79 Å². The molecule has 4 nitrogen and oxygen atoms in total. The van der Waals surface area contributed by atoms with Gasteiger partial charge in [0, 0.05) is 6.07 Å². The van der Waals surface area contributed by atoms with E-state index in [4.69, 9.17) is 26.3 Å². The van der Waals surface area contributed by atoms with E-state index in [0.717, 1.165) is 38.5 Å². The molecule has 0 radical (unpaired) electrons. The Balaban J connectivity index is 1.91. The number of methoxy groups -OCH3 is 1. The van der Waals surface area contributed by atoms with Crippen molar-refractivity contribution < 1.29 is 14.3 Å². The summed E-state index contributed by atoms with van der Waals surface area (Å²) in [4.78, 5) is 11.6. The monoisotopic (exact) mass is 321 g/mol. The number of hydrogen-bond donors (Lipinski definition) is 0. The lowest BCUT2D eigenvalue weighted by Gasteiger charge is -2.24. The average Bonchev–Trinajstić information content (AvgIpc) is 2.49. The van der Waals surface area contributed by atoms with Gasteiger partial charge in [0.15, 0.2) is 0 Å². The zero-order chi connectivity index (χ0) is 15.9. The summed E-state index contributed by atoms with van der Waals surface area (Å²) in [7, 11) is 1.45. The molecule has 0 aliphatic heterocycles. The van der Waals surface area contributed by atoms with E-state index in [-0.39, 0.29) is 18.0 Å². The predicted octanol–water partition coefficient (Wildman–Crippen LogP) is 4.10. The van der Waals surface area contributed by atoms with E-state index < -0.39 is 0 Å². The van der Waals surface area contributed by atoms with Crippen LogP contribution in [0.25, 0.3) is 0 Å². The van der Waals surface area contributed by atoms with E-state index >= 15 is 0 Å². The molecule has 0 amide bonds. The van der Waals surface area contributed by atoms with Crippen molar-refractivity contribution in [1.29, 1.82) is 5.26 Å². The third-order valence-electron chi connectivity index (χ3n) is 4.06. The first-order valence-corrected chi connectivity index (χ1v) is 7.96. The Hall–Kier alpha value is -1.73. The largest absolute Gasteiger partial charge is 0.490 e. The molecule has 0 heterocycles. The lowest BCUT2D eigenvalue weighted by Crippen LogP contribution is -2.23. The van der Waals surface area contributed by atoms with E-state index in [1.807, 2.05) is 6.07 Å². The van der Waals surface area contributed by atoms with Crippen LogP contribution in [0.1, 0.15) is 44.1 Å². The molecule has 0 N–H and O–H groups in total. The van der Waals surface area contributed by atoms with Gasteiger partial charge in [0.25, 0.3) is 0 Å². The Morgan fingerprint density at radius 1 is 1.27 bits per heavy atom. The van der Waals surface area contributed by atoms with Crippen LogP contribution in [0.5, 0.6) is 5.75 Å². The number of rotatable bonds is 3. The van der Waals surface area contributed by atoms with E-state index in [1.165, 1.54) is 7.11 Å². The summed E-state index contributed by atoms with van der Waals surface area (Å²) < 4.78 is 10.8. The fraction of sp³-hybridized carbons (Fsp3) is 0.529. The molecule has 2 rings (SSSR count). The first kappa shape index (κ1) is 16.6. The van der Waals surface area contributed by atoms with Crippen LogP contribution in [0, 0.1) is 17.2 Å². The molecule has 5 heteroatoms. The molecule has 1 saturated carbocycles. The van der Waals surface area contributed by atoms with Gasteiger partial charge in [-0.1, -0.05) is 11.6 Å². The molecule has 0 aromatic heterocycles. The Morgan fingerprint density at radius 2 is 1.95 bits per heavy atom. The smallest absolute Gasteiger partial charge is 0.308 e. The maximum Gasteiger partial charge on any atom is 0.308 e. The maximum absolute atomic E-state index is 11.6. The molecular weight excluding hydrogens is 302 g/mol. The van der Waals surface area contributed by atoms with Gasteiger partial charge in [0.2, 0.25) is 0 Å². The van der Waals surface area contributed by atoms with Crippen LogP contribution in [0.3, 0.4) is 0 Å². The Kier molecular flexibility index (Phi) is 6.09. The van der Waals surface area contributed by atoms with Crippen LogP contribution >= 0.6 is 11.6 Å². The summed E-state index contributed by atoms with van der Waals surface area (Å²) in [5.74, 6) is 0.618. The average molecular weight is 322 g/mol. The molecule has 22 heavy (non-hydrogen) atoms. The van der Waals surface area contributed by atoms with Crippen molar-refractivity contribution >= 4 is 17.6 Å². The quantitative estimate of drug-likeness (QED) is 0.786. The summed E-state index contributed by atoms with van der Waals surface area (Å²) in [6.45, 7) is 0. The normalized spacial score (nSPS) is 22.0. The number of halogens is 1. The fourth-order valence-electron chi connectivity index (χ4n) is 2.85. The molecule has 0 bridgehead atoms. The number of esters is 1. The summed E-state index contributed by atoms with van der Waals surface area (Å²) in [6, 6.07) is 7.18. The SMILES string of the molecule is COC(=O)[C@H]1CCC[C@@H](Oc2ccc(C#N)c(Cl)c2)CCC1. The van der Waals surface area contributed by atoms with Gasteiger partial charge in [-0.05, 0) is 50.7 Å². The Bertz CT molecular complexity index is 558. The van der Waals surface area contributed by atoms with Gasteiger partial charge in [-0.2, -0.15) is 5.26 Å². The zero-order valence-corrected chi connectivity index (χ0v) is 13.4. The highest BCUT2D eigenvalue weighted by molar-refractivity contribution is 6.31. The zero-order valence-electron chi connectivity index (χ0n) is 12.7. The summed E-state index contributed by atoms with van der Waals surface area (Å²) >= 11 is 6.02. The summed E-state index contributed by atoms with van der Waals surface area (Å²) in [6.07, 6.45) is 5.52. The van der Waals surface area contributed by atoms with Crippen molar-refractivity contribution in [2.75, 3.05) is 7.11 Å². The van der Waals surface area contributed by atoms with Crippen molar-refractivity contribution in [1.82, 2.24) is 0 Å². The van der Waals surface area contributed by atoms with Gasteiger partial charge in [-0.15, -0.1) is 0 Å². The van der Waals surface area contributed by atoms with Crippen LogP contribution in [0.15, 0.2) is 18.2 Å². The van der Waals surface area contributed by atoms with Gasteiger partial charge in [0.05, 0.1) is 29.7 Å². The standard InChI is InChI=1S/C17H20ClNO3/c1-21-17(20)12-4-2-6-14(7-3-5-12)22-15-9-8-13(11-19)16(18)10-15/h8-10,12,14H,2-7H2,1H3/t12-,14+. The molecule has 1 aliphatic carbocycles. The topological polar surface area (TPSA) is 59.3 Å². The highest BCUT2D eigenvalue weighted by atomic mass is 35.5. The van der Waals surface area contributed by atoms with Crippen LogP contribution in [-0.4, -0.2) is 19.2 Å². The van der Waals surface area contributed by atoms with Crippen molar-refractivity contribution in [3.05, 3.63) is 28.8 Å². The second kappa shape index (κ2) is 8.05. The van der Waals surface area contributed by atoms with Gasteiger partial charge in [0.1, 0.15) is 11.8 Å². The van der Waals surface area contributed by atoms with Gasteiger partial charge in [-0.3, -0.25) is 4.79 Å². The highest BCUT2D eigenvalue weighted by Crippen LogP contribution is 2.28. The van der Waals surface area contributed by atoms with Crippen LogP contribution in [0.4, 0.5) is 0 Å².